The molecular formula is C12H12INO2. The highest BCUT2D eigenvalue weighted by Crippen LogP contribution is 2.21. The minimum atomic E-state index is -0.354. The molecule has 0 bridgehead atoms. The van der Waals surface area contributed by atoms with E-state index in [4.69, 9.17) is 10.00 Å². The molecule has 0 saturated carbocycles. The summed E-state index contributed by atoms with van der Waals surface area (Å²) >= 11 is 2.10. The molecule has 0 aliphatic rings. The van der Waals surface area contributed by atoms with Gasteiger partial charge in [0, 0.05) is 3.57 Å². The minimum Gasteiger partial charge on any atom is -0.462 e. The van der Waals surface area contributed by atoms with Crippen molar-refractivity contribution in [3.63, 3.8) is 0 Å². The van der Waals surface area contributed by atoms with Crippen LogP contribution >= 0.6 is 22.6 Å². The van der Waals surface area contributed by atoms with Crippen molar-refractivity contribution in [2.75, 3.05) is 6.61 Å². The Bertz CT molecular complexity index is 449. The summed E-state index contributed by atoms with van der Waals surface area (Å²) in [6.45, 7) is 4.03. The molecular weight excluding hydrogens is 317 g/mol. The zero-order valence-electron chi connectivity index (χ0n) is 9.21. The third-order valence-electron chi connectivity index (χ3n) is 2.22. The van der Waals surface area contributed by atoms with E-state index in [0.29, 0.717) is 24.2 Å². The average Bonchev–Trinajstić information content (AvgIpc) is 2.28. The van der Waals surface area contributed by atoms with Crippen molar-refractivity contribution in [1.29, 1.82) is 5.26 Å². The Kier molecular flexibility index (Phi) is 4.74. The van der Waals surface area contributed by atoms with Crippen LogP contribution in [-0.2, 0) is 11.2 Å². The van der Waals surface area contributed by atoms with E-state index in [1.807, 2.05) is 6.92 Å². The number of hydrogen-bond acceptors (Lipinski definition) is 3. The van der Waals surface area contributed by atoms with Gasteiger partial charge in [-0.15, -0.1) is 0 Å². The molecule has 1 aromatic rings. The Labute approximate surface area is 109 Å². The van der Waals surface area contributed by atoms with Crippen LogP contribution in [0.3, 0.4) is 0 Å². The van der Waals surface area contributed by atoms with Gasteiger partial charge in [-0.2, -0.15) is 5.26 Å². The van der Waals surface area contributed by atoms with Crippen LogP contribution in [0.5, 0.6) is 0 Å². The smallest absolute Gasteiger partial charge is 0.338 e. The molecule has 0 atom stereocenters. The molecule has 0 aromatic heterocycles. The normalized spacial score (nSPS) is 9.62. The van der Waals surface area contributed by atoms with E-state index in [0.717, 1.165) is 9.13 Å². The van der Waals surface area contributed by atoms with Gasteiger partial charge in [0.15, 0.2) is 0 Å². The number of ether oxygens (including phenoxy) is 1. The summed E-state index contributed by atoms with van der Waals surface area (Å²) < 4.78 is 5.82. The standard InChI is InChI=1S/C12H12INO2/c1-3-8-9(12(15)16-4-2)5-6-11(13)10(8)7-14/h5-6H,3-4H2,1-2H3. The molecule has 4 heteroatoms. The van der Waals surface area contributed by atoms with Gasteiger partial charge in [-0.1, -0.05) is 6.92 Å². The maximum absolute atomic E-state index is 11.7. The molecule has 0 fully saturated rings. The van der Waals surface area contributed by atoms with Crippen LogP contribution in [-0.4, -0.2) is 12.6 Å². The van der Waals surface area contributed by atoms with E-state index in [9.17, 15) is 4.79 Å². The zero-order chi connectivity index (χ0) is 12.1. The highest BCUT2D eigenvalue weighted by atomic mass is 127. The van der Waals surface area contributed by atoms with Crippen LogP contribution < -0.4 is 0 Å². The molecule has 3 nitrogen and oxygen atoms in total. The molecule has 0 aliphatic carbocycles. The van der Waals surface area contributed by atoms with Crippen LogP contribution in [0.4, 0.5) is 0 Å². The quantitative estimate of drug-likeness (QED) is 0.633. The monoisotopic (exact) mass is 329 g/mol. The molecule has 0 heterocycles. The van der Waals surface area contributed by atoms with Crippen LogP contribution in [0.2, 0.25) is 0 Å². The Balaban J connectivity index is 3.31. The van der Waals surface area contributed by atoms with E-state index in [2.05, 4.69) is 28.7 Å². The van der Waals surface area contributed by atoms with Gasteiger partial charge >= 0.3 is 5.97 Å². The summed E-state index contributed by atoms with van der Waals surface area (Å²) in [6, 6.07) is 5.63. The fourth-order valence-electron chi connectivity index (χ4n) is 1.51. The maximum atomic E-state index is 11.7. The molecule has 0 amide bonds. The van der Waals surface area contributed by atoms with Crippen molar-refractivity contribution in [2.24, 2.45) is 0 Å². The SMILES string of the molecule is CCOC(=O)c1ccc(I)c(C#N)c1CC. The van der Waals surface area contributed by atoms with Gasteiger partial charge in [0.05, 0.1) is 17.7 Å². The highest BCUT2D eigenvalue weighted by Gasteiger charge is 2.16. The van der Waals surface area contributed by atoms with Gasteiger partial charge in [0.1, 0.15) is 6.07 Å². The Morgan fingerprint density at radius 1 is 1.50 bits per heavy atom. The van der Waals surface area contributed by atoms with Gasteiger partial charge in [-0.25, -0.2) is 4.79 Å². The number of halogens is 1. The fraction of sp³-hybridized carbons (Fsp3) is 0.333. The van der Waals surface area contributed by atoms with Crippen molar-refractivity contribution in [2.45, 2.75) is 20.3 Å². The van der Waals surface area contributed by atoms with Crippen LogP contribution in [0.1, 0.15) is 35.3 Å². The number of hydrogen-bond donors (Lipinski definition) is 0. The molecule has 16 heavy (non-hydrogen) atoms. The predicted octanol–water partition coefficient (Wildman–Crippen LogP) is 2.90. The fourth-order valence-corrected chi connectivity index (χ4v) is 2.13. The summed E-state index contributed by atoms with van der Waals surface area (Å²) in [4.78, 5) is 11.7. The molecule has 1 aromatic carbocycles. The second-order valence-electron chi connectivity index (χ2n) is 3.13. The first kappa shape index (κ1) is 13.0. The van der Waals surface area contributed by atoms with Crippen LogP contribution in [0.25, 0.3) is 0 Å². The van der Waals surface area contributed by atoms with Gasteiger partial charge in [0.25, 0.3) is 0 Å². The van der Waals surface area contributed by atoms with Gasteiger partial charge in [-0.3, -0.25) is 0 Å². The predicted molar refractivity (Wildman–Crippen MR) is 69.2 cm³/mol. The first-order valence-electron chi connectivity index (χ1n) is 5.04. The number of nitrogens with zero attached hydrogens (tertiary/aromatic N) is 1. The lowest BCUT2D eigenvalue weighted by molar-refractivity contribution is 0.0525. The molecule has 0 saturated heterocycles. The lowest BCUT2D eigenvalue weighted by atomic mass is 9.99. The summed E-state index contributed by atoms with van der Waals surface area (Å²) in [5.74, 6) is -0.354. The Morgan fingerprint density at radius 2 is 2.19 bits per heavy atom. The summed E-state index contributed by atoms with van der Waals surface area (Å²) in [5.41, 5.74) is 1.85. The molecule has 0 N–H and O–H groups in total. The molecule has 1 rings (SSSR count). The van der Waals surface area contributed by atoms with Crippen molar-refractivity contribution >= 4 is 28.6 Å². The second-order valence-corrected chi connectivity index (χ2v) is 4.30. The van der Waals surface area contributed by atoms with Crippen LogP contribution in [0, 0.1) is 14.9 Å². The van der Waals surface area contributed by atoms with Crippen molar-refractivity contribution < 1.29 is 9.53 Å². The van der Waals surface area contributed by atoms with E-state index in [-0.39, 0.29) is 5.97 Å². The van der Waals surface area contributed by atoms with E-state index in [1.165, 1.54) is 0 Å². The number of carbonyl (C=O) groups is 1. The third kappa shape index (κ3) is 2.53. The number of esters is 1. The summed E-state index contributed by atoms with van der Waals surface area (Å²) in [5, 5.41) is 9.06. The zero-order valence-corrected chi connectivity index (χ0v) is 11.4. The Hall–Kier alpha value is -1.09. The van der Waals surface area contributed by atoms with Crippen molar-refractivity contribution in [3.05, 3.63) is 32.4 Å². The molecule has 0 unspecified atom stereocenters. The molecule has 0 spiro atoms. The number of nitriles is 1. The molecule has 0 radical (unpaired) electrons. The van der Waals surface area contributed by atoms with E-state index >= 15 is 0 Å². The van der Waals surface area contributed by atoms with Gasteiger partial charge < -0.3 is 4.74 Å². The largest absolute Gasteiger partial charge is 0.462 e. The third-order valence-corrected chi connectivity index (χ3v) is 3.12. The first-order chi connectivity index (χ1) is 7.65. The van der Waals surface area contributed by atoms with Gasteiger partial charge in [0.2, 0.25) is 0 Å². The average molecular weight is 329 g/mol. The van der Waals surface area contributed by atoms with Gasteiger partial charge in [-0.05, 0) is 53.6 Å². The molecule has 84 valence electrons. The second kappa shape index (κ2) is 5.85. The summed E-state index contributed by atoms with van der Waals surface area (Å²) in [7, 11) is 0. The number of carbonyl (C=O) groups excluding carboxylic acids is 1. The number of rotatable bonds is 3. The van der Waals surface area contributed by atoms with E-state index in [1.54, 1.807) is 19.1 Å². The van der Waals surface area contributed by atoms with E-state index < -0.39 is 0 Å². The first-order valence-corrected chi connectivity index (χ1v) is 6.12. The molecule has 0 aliphatic heterocycles. The van der Waals surface area contributed by atoms with Crippen molar-refractivity contribution in [1.82, 2.24) is 0 Å². The number of benzene rings is 1. The lowest BCUT2D eigenvalue weighted by Gasteiger charge is -2.09. The highest BCUT2D eigenvalue weighted by molar-refractivity contribution is 14.1. The lowest BCUT2D eigenvalue weighted by Crippen LogP contribution is -2.10. The Morgan fingerprint density at radius 3 is 2.69 bits per heavy atom. The summed E-state index contributed by atoms with van der Waals surface area (Å²) in [6.07, 6.45) is 0.647. The maximum Gasteiger partial charge on any atom is 0.338 e. The van der Waals surface area contributed by atoms with Crippen LogP contribution in [0.15, 0.2) is 12.1 Å². The topological polar surface area (TPSA) is 50.1 Å². The minimum absolute atomic E-state index is 0.343. The van der Waals surface area contributed by atoms with Crippen molar-refractivity contribution in [3.8, 4) is 6.07 Å².